The number of aromatic nitrogens is 1. The first-order valence-corrected chi connectivity index (χ1v) is 7.27. The normalized spacial score (nSPS) is 10.7. The highest BCUT2D eigenvalue weighted by Crippen LogP contribution is 2.20. The summed E-state index contributed by atoms with van der Waals surface area (Å²) in [6.07, 6.45) is 1.51. The van der Waals surface area contributed by atoms with Crippen LogP contribution in [-0.2, 0) is 0 Å². The van der Waals surface area contributed by atoms with Crippen molar-refractivity contribution in [1.29, 1.82) is 0 Å². The standard InChI is InChI=1S/C17H13F2N3O3/c18-17(19)25-14-8-4-2-6-11(14)15(23)21-22-16(24)12-9-20-13-7-3-1-5-10(12)13/h1-9,17,20H,(H,21,23)(H,22,24). The molecule has 25 heavy (non-hydrogen) atoms. The molecule has 0 fully saturated rings. The molecule has 0 saturated carbocycles. The van der Waals surface area contributed by atoms with Gasteiger partial charge >= 0.3 is 6.61 Å². The highest BCUT2D eigenvalue weighted by atomic mass is 19.3. The topological polar surface area (TPSA) is 83.2 Å². The molecule has 0 unspecified atom stereocenters. The Hall–Kier alpha value is -3.42. The molecule has 0 aliphatic carbocycles. The van der Waals surface area contributed by atoms with Gasteiger partial charge in [-0.2, -0.15) is 8.78 Å². The van der Waals surface area contributed by atoms with Gasteiger partial charge in [-0.25, -0.2) is 0 Å². The molecular formula is C17H13F2N3O3. The number of hydrogen-bond donors (Lipinski definition) is 3. The molecule has 0 spiro atoms. The van der Waals surface area contributed by atoms with Crippen molar-refractivity contribution < 1.29 is 23.1 Å². The minimum Gasteiger partial charge on any atom is -0.434 e. The minimum atomic E-state index is -3.06. The number of alkyl halides is 2. The summed E-state index contributed by atoms with van der Waals surface area (Å²) >= 11 is 0. The number of para-hydroxylation sites is 2. The lowest BCUT2D eigenvalue weighted by atomic mass is 10.1. The number of rotatable bonds is 4. The van der Waals surface area contributed by atoms with Crippen molar-refractivity contribution in [2.45, 2.75) is 6.61 Å². The molecule has 6 nitrogen and oxygen atoms in total. The van der Waals surface area contributed by atoms with E-state index >= 15 is 0 Å². The van der Waals surface area contributed by atoms with Crippen LogP contribution in [-0.4, -0.2) is 23.4 Å². The molecule has 128 valence electrons. The van der Waals surface area contributed by atoms with Gasteiger partial charge in [0.1, 0.15) is 5.75 Å². The lowest BCUT2D eigenvalue weighted by molar-refractivity contribution is -0.0501. The fraction of sp³-hybridized carbons (Fsp3) is 0.0588. The maximum Gasteiger partial charge on any atom is 0.387 e. The summed E-state index contributed by atoms with van der Waals surface area (Å²) in [5, 5.41) is 0.690. The van der Waals surface area contributed by atoms with Crippen LogP contribution >= 0.6 is 0 Å². The van der Waals surface area contributed by atoms with Crippen molar-refractivity contribution >= 4 is 22.7 Å². The summed E-state index contributed by atoms with van der Waals surface area (Å²) in [7, 11) is 0. The average Bonchev–Trinajstić information content (AvgIpc) is 3.03. The summed E-state index contributed by atoms with van der Waals surface area (Å²) in [5.74, 6) is -1.60. The molecule has 1 heterocycles. The molecule has 3 N–H and O–H groups in total. The zero-order chi connectivity index (χ0) is 17.8. The second kappa shape index (κ2) is 7.00. The third kappa shape index (κ3) is 3.57. The Balaban J connectivity index is 1.71. The van der Waals surface area contributed by atoms with Gasteiger partial charge in [0.05, 0.1) is 11.1 Å². The molecule has 0 atom stereocenters. The zero-order valence-corrected chi connectivity index (χ0v) is 12.8. The van der Waals surface area contributed by atoms with Crippen LogP contribution < -0.4 is 15.6 Å². The molecule has 2 amide bonds. The Morgan fingerprint density at radius 1 is 0.920 bits per heavy atom. The maximum atomic E-state index is 12.4. The van der Waals surface area contributed by atoms with E-state index in [0.29, 0.717) is 10.9 Å². The number of carbonyl (C=O) groups is 2. The highest BCUT2D eigenvalue weighted by molar-refractivity contribution is 6.07. The van der Waals surface area contributed by atoms with Crippen LogP contribution in [0.15, 0.2) is 54.7 Å². The first-order chi connectivity index (χ1) is 12.1. The fourth-order valence-electron chi connectivity index (χ4n) is 2.36. The van der Waals surface area contributed by atoms with Crippen LogP contribution in [0.3, 0.4) is 0 Å². The van der Waals surface area contributed by atoms with E-state index in [1.807, 2.05) is 12.1 Å². The number of ether oxygens (including phenoxy) is 1. The molecule has 0 aliphatic heterocycles. The average molecular weight is 345 g/mol. The fourth-order valence-corrected chi connectivity index (χ4v) is 2.36. The maximum absolute atomic E-state index is 12.4. The molecule has 3 aromatic rings. The summed E-state index contributed by atoms with van der Waals surface area (Å²) in [4.78, 5) is 27.3. The van der Waals surface area contributed by atoms with Gasteiger partial charge in [-0.15, -0.1) is 0 Å². The van der Waals surface area contributed by atoms with E-state index in [1.165, 1.54) is 30.5 Å². The first kappa shape index (κ1) is 16.4. The van der Waals surface area contributed by atoms with E-state index in [0.717, 1.165) is 5.52 Å². The van der Waals surface area contributed by atoms with Crippen molar-refractivity contribution in [3.05, 3.63) is 65.9 Å². The zero-order valence-electron chi connectivity index (χ0n) is 12.8. The van der Waals surface area contributed by atoms with E-state index in [-0.39, 0.29) is 11.3 Å². The van der Waals surface area contributed by atoms with Crippen molar-refractivity contribution in [3.8, 4) is 5.75 Å². The predicted molar refractivity (Wildman–Crippen MR) is 86.3 cm³/mol. The largest absolute Gasteiger partial charge is 0.434 e. The molecule has 0 bridgehead atoms. The van der Waals surface area contributed by atoms with E-state index in [9.17, 15) is 18.4 Å². The third-order valence-corrected chi connectivity index (χ3v) is 3.47. The highest BCUT2D eigenvalue weighted by Gasteiger charge is 2.17. The number of nitrogens with one attached hydrogen (secondary N) is 3. The van der Waals surface area contributed by atoms with Crippen molar-refractivity contribution in [3.63, 3.8) is 0 Å². The van der Waals surface area contributed by atoms with Crippen LogP contribution in [0.5, 0.6) is 5.75 Å². The van der Waals surface area contributed by atoms with Gasteiger partial charge in [0.15, 0.2) is 0 Å². The van der Waals surface area contributed by atoms with Crippen molar-refractivity contribution in [2.75, 3.05) is 0 Å². The first-order valence-electron chi connectivity index (χ1n) is 7.27. The summed E-state index contributed by atoms with van der Waals surface area (Å²) in [6.45, 7) is -3.06. The van der Waals surface area contributed by atoms with Gasteiger partial charge in [-0.05, 0) is 18.2 Å². The van der Waals surface area contributed by atoms with E-state index in [4.69, 9.17) is 0 Å². The van der Waals surface area contributed by atoms with Gasteiger partial charge in [-0.3, -0.25) is 20.4 Å². The number of benzene rings is 2. The lowest BCUT2D eigenvalue weighted by Gasteiger charge is -2.11. The Morgan fingerprint density at radius 2 is 1.56 bits per heavy atom. The SMILES string of the molecule is O=C(NNC(=O)c1c[nH]c2ccccc12)c1ccccc1OC(F)F. The van der Waals surface area contributed by atoms with Crippen LogP contribution in [0.25, 0.3) is 10.9 Å². The molecule has 0 aliphatic rings. The molecular weight excluding hydrogens is 332 g/mol. The quantitative estimate of drug-likeness (QED) is 0.636. The molecule has 8 heteroatoms. The molecule has 1 aromatic heterocycles. The third-order valence-electron chi connectivity index (χ3n) is 3.47. The number of amides is 2. The Morgan fingerprint density at radius 3 is 2.32 bits per heavy atom. The molecule has 3 rings (SSSR count). The smallest absolute Gasteiger partial charge is 0.387 e. The van der Waals surface area contributed by atoms with Gasteiger partial charge in [0, 0.05) is 17.1 Å². The number of halogens is 2. The van der Waals surface area contributed by atoms with Crippen LogP contribution in [0, 0.1) is 0 Å². The van der Waals surface area contributed by atoms with Gasteiger partial charge in [0.25, 0.3) is 11.8 Å². The van der Waals surface area contributed by atoms with Gasteiger partial charge < -0.3 is 9.72 Å². The number of hydrogen-bond acceptors (Lipinski definition) is 3. The minimum absolute atomic E-state index is 0.123. The van der Waals surface area contributed by atoms with Crippen LogP contribution in [0.1, 0.15) is 20.7 Å². The number of aromatic amines is 1. The summed E-state index contributed by atoms with van der Waals surface area (Å²) < 4.78 is 29.1. The number of fused-ring (bicyclic) bond motifs is 1. The Bertz CT molecular complexity index is 924. The summed E-state index contributed by atoms with van der Waals surface area (Å²) in [6, 6.07) is 12.7. The van der Waals surface area contributed by atoms with Crippen molar-refractivity contribution in [2.24, 2.45) is 0 Å². The second-order valence-corrected chi connectivity index (χ2v) is 5.03. The number of carbonyl (C=O) groups excluding carboxylic acids is 2. The van der Waals surface area contributed by atoms with Crippen molar-refractivity contribution in [1.82, 2.24) is 15.8 Å². The van der Waals surface area contributed by atoms with Crippen LogP contribution in [0.2, 0.25) is 0 Å². The van der Waals surface area contributed by atoms with Gasteiger partial charge in [0.2, 0.25) is 0 Å². The lowest BCUT2D eigenvalue weighted by Crippen LogP contribution is -2.41. The molecule has 0 saturated heterocycles. The summed E-state index contributed by atoms with van der Waals surface area (Å²) in [5.41, 5.74) is 5.43. The van der Waals surface area contributed by atoms with E-state index in [1.54, 1.807) is 12.1 Å². The van der Waals surface area contributed by atoms with Crippen LogP contribution in [0.4, 0.5) is 8.78 Å². The monoisotopic (exact) mass is 345 g/mol. The predicted octanol–water partition coefficient (Wildman–Crippen LogP) is 2.84. The number of hydrazine groups is 1. The number of H-pyrrole nitrogens is 1. The molecule has 0 radical (unpaired) electrons. The van der Waals surface area contributed by atoms with Gasteiger partial charge in [-0.1, -0.05) is 30.3 Å². The second-order valence-electron chi connectivity index (χ2n) is 5.03. The van der Waals surface area contributed by atoms with E-state index in [2.05, 4.69) is 20.6 Å². The van der Waals surface area contributed by atoms with E-state index < -0.39 is 18.4 Å². The Kier molecular flexibility index (Phi) is 4.60. The molecule has 2 aromatic carbocycles. The Labute approximate surface area is 140 Å².